The minimum Gasteiger partial charge on any atom is -0.378 e. The Balaban J connectivity index is 1.66. The molecule has 2 saturated heterocycles. The van der Waals surface area contributed by atoms with Gasteiger partial charge in [-0.05, 0) is 38.1 Å². The van der Waals surface area contributed by atoms with E-state index in [-0.39, 0.29) is 0 Å². The largest absolute Gasteiger partial charge is 0.378 e. The third-order valence-electron chi connectivity index (χ3n) is 3.74. The van der Waals surface area contributed by atoms with Crippen molar-refractivity contribution in [3.8, 4) is 0 Å². The summed E-state index contributed by atoms with van der Waals surface area (Å²) in [6.07, 6.45) is 5.48. The highest BCUT2D eigenvalue weighted by atomic mass is 35.5. The summed E-state index contributed by atoms with van der Waals surface area (Å²) >= 11 is 6.28. The van der Waals surface area contributed by atoms with Gasteiger partial charge in [0.15, 0.2) is 0 Å². The minimum atomic E-state index is 0.350. The number of hydrogen-bond acceptors (Lipinski definition) is 2. The van der Waals surface area contributed by atoms with Gasteiger partial charge >= 0.3 is 0 Å². The number of hydrogen-bond donors (Lipinski definition) is 0. The lowest BCUT2D eigenvalue weighted by Crippen LogP contribution is -2.41. The molecule has 2 nitrogen and oxygen atoms in total. The second-order valence-corrected chi connectivity index (χ2v) is 5.57. The molecule has 0 amide bonds. The molecule has 3 atom stereocenters. The molecule has 88 valence electrons. The summed E-state index contributed by atoms with van der Waals surface area (Å²) in [7, 11) is 0. The van der Waals surface area contributed by atoms with Crippen LogP contribution in [-0.4, -0.2) is 42.6 Å². The molecule has 0 aromatic heterocycles. The quantitative estimate of drug-likeness (QED) is 0.693. The van der Waals surface area contributed by atoms with Crippen molar-refractivity contribution in [2.75, 3.05) is 26.2 Å². The molecule has 2 rings (SSSR count). The molecule has 0 aromatic rings. The molecule has 3 unspecified atom stereocenters. The van der Waals surface area contributed by atoms with Gasteiger partial charge < -0.3 is 9.64 Å². The third kappa shape index (κ3) is 3.33. The summed E-state index contributed by atoms with van der Waals surface area (Å²) in [5, 5.41) is 0.350. The normalized spacial score (nSPS) is 38.4. The predicted octanol–water partition coefficient (Wildman–Crippen LogP) is 2.50. The van der Waals surface area contributed by atoms with Crippen LogP contribution < -0.4 is 0 Å². The fourth-order valence-electron chi connectivity index (χ4n) is 2.49. The van der Waals surface area contributed by atoms with E-state index in [0.29, 0.717) is 17.4 Å². The molecule has 15 heavy (non-hydrogen) atoms. The Morgan fingerprint density at radius 3 is 2.93 bits per heavy atom. The fraction of sp³-hybridized carbons (Fsp3) is 1.00. The molecule has 2 heterocycles. The maximum atomic E-state index is 6.28. The van der Waals surface area contributed by atoms with Crippen molar-refractivity contribution in [3.63, 3.8) is 0 Å². The van der Waals surface area contributed by atoms with Crippen molar-refractivity contribution in [2.45, 2.75) is 44.1 Å². The summed E-state index contributed by atoms with van der Waals surface area (Å²) in [5.74, 6) is 0.686. The molecule has 2 fully saturated rings. The lowest BCUT2D eigenvalue weighted by molar-refractivity contribution is 0.0864. The first-order valence-electron chi connectivity index (χ1n) is 6.23. The van der Waals surface area contributed by atoms with E-state index in [1.807, 2.05) is 0 Å². The van der Waals surface area contributed by atoms with Crippen LogP contribution in [0.3, 0.4) is 0 Å². The summed E-state index contributed by atoms with van der Waals surface area (Å²) in [5.41, 5.74) is 0. The zero-order chi connectivity index (χ0) is 10.7. The smallest absolute Gasteiger partial charge is 0.0588 e. The van der Waals surface area contributed by atoms with E-state index in [2.05, 4.69) is 11.8 Å². The summed E-state index contributed by atoms with van der Waals surface area (Å²) in [6, 6.07) is 0. The number of halogens is 1. The maximum absolute atomic E-state index is 6.28. The van der Waals surface area contributed by atoms with Gasteiger partial charge in [0, 0.05) is 25.1 Å². The maximum Gasteiger partial charge on any atom is 0.0588 e. The van der Waals surface area contributed by atoms with Gasteiger partial charge in [-0.25, -0.2) is 0 Å². The first-order chi connectivity index (χ1) is 7.25. The van der Waals surface area contributed by atoms with Crippen LogP contribution in [-0.2, 0) is 4.74 Å². The first-order valence-corrected chi connectivity index (χ1v) is 6.67. The van der Waals surface area contributed by atoms with Gasteiger partial charge in [0.25, 0.3) is 0 Å². The number of likely N-dealkylation sites (tertiary alicyclic amines) is 1. The van der Waals surface area contributed by atoms with Crippen LogP contribution in [0.2, 0.25) is 0 Å². The first kappa shape index (κ1) is 11.7. The summed E-state index contributed by atoms with van der Waals surface area (Å²) < 4.78 is 5.63. The van der Waals surface area contributed by atoms with Gasteiger partial charge in [0.05, 0.1) is 6.10 Å². The van der Waals surface area contributed by atoms with Gasteiger partial charge in [-0.3, -0.25) is 0 Å². The average Bonchev–Trinajstić information content (AvgIpc) is 2.73. The van der Waals surface area contributed by atoms with Crippen LogP contribution >= 0.6 is 11.6 Å². The second-order valence-electron chi connectivity index (χ2n) is 5.01. The van der Waals surface area contributed by atoms with E-state index < -0.39 is 0 Å². The molecule has 2 aliphatic rings. The van der Waals surface area contributed by atoms with Crippen LogP contribution in [0, 0.1) is 5.92 Å². The third-order valence-corrected chi connectivity index (χ3v) is 4.31. The van der Waals surface area contributed by atoms with Crippen molar-refractivity contribution in [2.24, 2.45) is 5.92 Å². The molecule has 0 aromatic carbocycles. The number of nitrogens with zero attached hydrogens (tertiary/aromatic N) is 1. The highest BCUT2D eigenvalue weighted by Crippen LogP contribution is 2.23. The van der Waals surface area contributed by atoms with Crippen molar-refractivity contribution in [1.29, 1.82) is 0 Å². The van der Waals surface area contributed by atoms with Crippen molar-refractivity contribution >= 4 is 11.6 Å². The molecule has 0 N–H and O–H groups in total. The van der Waals surface area contributed by atoms with Gasteiger partial charge in [-0.2, -0.15) is 0 Å². The van der Waals surface area contributed by atoms with Crippen molar-refractivity contribution in [1.82, 2.24) is 4.90 Å². The SMILES string of the molecule is CC1CCN(CCC2CCCO2)CC1Cl. The Morgan fingerprint density at radius 1 is 1.40 bits per heavy atom. The fourth-order valence-corrected chi connectivity index (χ4v) is 2.81. The Morgan fingerprint density at radius 2 is 2.27 bits per heavy atom. The van der Waals surface area contributed by atoms with E-state index in [1.54, 1.807) is 0 Å². The molecule has 3 heteroatoms. The van der Waals surface area contributed by atoms with Gasteiger partial charge in [-0.15, -0.1) is 11.6 Å². The van der Waals surface area contributed by atoms with Crippen LogP contribution in [0.1, 0.15) is 32.6 Å². The molecule has 0 radical (unpaired) electrons. The lowest BCUT2D eigenvalue weighted by atomic mass is 9.98. The van der Waals surface area contributed by atoms with Crippen molar-refractivity contribution < 1.29 is 4.74 Å². The zero-order valence-electron chi connectivity index (χ0n) is 9.62. The number of alkyl halides is 1. The highest BCUT2D eigenvalue weighted by Gasteiger charge is 2.25. The van der Waals surface area contributed by atoms with Crippen LogP contribution in [0.5, 0.6) is 0 Å². The zero-order valence-corrected chi connectivity index (χ0v) is 10.4. The average molecular weight is 232 g/mol. The molecular formula is C12H22ClNO. The summed E-state index contributed by atoms with van der Waals surface area (Å²) in [6.45, 7) is 6.68. The topological polar surface area (TPSA) is 12.5 Å². The standard InChI is InChI=1S/C12H22ClNO/c1-10-4-6-14(9-12(10)13)7-5-11-3-2-8-15-11/h10-12H,2-9H2,1H3. The molecule has 0 aliphatic carbocycles. The van der Waals surface area contributed by atoms with Crippen LogP contribution in [0.25, 0.3) is 0 Å². The lowest BCUT2D eigenvalue weighted by Gasteiger charge is -2.34. The number of rotatable bonds is 3. The Bertz CT molecular complexity index is 194. The van der Waals surface area contributed by atoms with Gasteiger partial charge in [-0.1, -0.05) is 6.92 Å². The van der Waals surface area contributed by atoms with E-state index in [4.69, 9.17) is 16.3 Å². The Hall–Kier alpha value is 0.210. The van der Waals surface area contributed by atoms with E-state index in [0.717, 1.165) is 13.2 Å². The highest BCUT2D eigenvalue weighted by molar-refractivity contribution is 6.21. The molecule has 0 spiro atoms. The van der Waals surface area contributed by atoms with Crippen LogP contribution in [0.4, 0.5) is 0 Å². The molecule has 0 saturated carbocycles. The van der Waals surface area contributed by atoms with E-state index in [1.165, 1.54) is 38.8 Å². The number of piperidine rings is 1. The molecule has 0 bridgehead atoms. The molecule has 2 aliphatic heterocycles. The van der Waals surface area contributed by atoms with Gasteiger partial charge in [0.1, 0.15) is 0 Å². The van der Waals surface area contributed by atoms with Crippen LogP contribution in [0.15, 0.2) is 0 Å². The second kappa shape index (κ2) is 5.51. The van der Waals surface area contributed by atoms with Crippen molar-refractivity contribution in [3.05, 3.63) is 0 Å². The minimum absolute atomic E-state index is 0.350. The summed E-state index contributed by atoms with van der Waals surface area (Å²) in [4.78, 5) is 2.50. The van der Waals surface area contributed by atoms with E-state index >= 15 is 0 Å². The Labute approximate surface area is 97.9 Å². The monoisotopic (exact) mass is 231 g/mol. The predicted molar refractivity (Wildman–Crippen MR) is 63.5 cm³/mol. The van der Waals surface area contributed by atoms with E-state index in [9.17, 15) is 0 Å². The number of ether oxygens (including phenoxy) is 1. The molecular weight excluding hydrogens is 210 g/mol. The Kier molecular flexibility index (Phi) is 4.30. The van der Waals surface area contributed by atoms with Gasteiger partial charge in [0.2, 0.25) is 0 Å².